The van der Waals surface area contributed by atoms with Crippen LogP contribution in [0.2, 0.25) is 0 Å². The maximum Gasteiger partial charge on any atom is 0.0705 e. The summed E-state index contributed by atoms with van der Waals surface area (Å²) in [6, 6.07) is 17.0. The molecule has 0 aromatic heterocycles. The number of benzene rings is 4. The molecule has 5 aliphatic rings. The van der Waals surface area contributed by atoms with Crippen molar-refractivity contribution in [3.05, 3.63) is 143 Å². The van der Waals surface area contributed by atoms with Crippen LogP contribution < -0.4 is 0 Å². The van der Waals surface area contributed by atoms with E-state index in [9.17, 15) is 0 Å². The minimum Gasteiger partial charge on any atom is -0.335 e. The standard InChI is InChI=1S/C46H45N/c1-30-12-11-15-42-41(30)29-46(24-9-6-10-25-46)47(42)36-20-16-32(17-21-36)40-28-39(31-13-7-5-8-14-31)37-22-18-33-26-35(45(2,3)4)27-34-19-23-38(40)44(37)43(33)34/h6-7,9-11,13-16,18-20,22-24,26-28,30H,5,8,12,17,21,25,29H2,1-4H3. The molecule has 1 heteroatoms. The molecule has 0 bridgehead atoms. The van der Waals surface area contributed by atoms with Crippen molar-refractivity contribution < 1.29 is 0 Å². The third-order valence-corrected chi connectivity index (χ3v) is 11.6. The van der Waals surface area contributed by atoms with E-state index in [1.54, 1.807) is 5.57 Å². The van der Waals surface area contributed by atoms with Crippen LogP contribution in [-0.2, 0) is 5.41 Å². The normalized spacial score (nSPS) is 24.2. The van der Waals surface area contributed by atoms with Gasteiger partial charge in [0, 0.05) is 11.4 Å². The van der Waals surface area contributed by atoms with Gasteiger partial charge in [0.05, 0.1) is 5.54 Å². The van der Waals surface area contributed by atoms with Crippen molar-refractivity contribution in [1.29, 1.82) is 0 Å². The fourth-order valence-electron chi connectivity index (χ4n) is 9.11. The fourth-order valence-corrected chi connectivity index (χ4v) is 9.11. The van der Waals surface area contributed by atoms with Gasteiger partial charge in [0.2, 0.25) is 0 Å². The summed E-state index contributed by atoms with van der Waals surface area (Å²) in [6.07, 6.45) is 34.0. The first kappa shape index (κ1) is 28.8. The predicted molar refractivity (Wildman–Crippen MR) is 203 cm³/mol. The van der Waals surface area contributed by atoms with Crippen molar-refractivity contribution in [2.24, 2.45) is 5.92 Å². The third kappa shape index (κ3) is 4.50. The van der Waals surface area contributed by atoms with Gasteiger partial charge in [-0.05, 0) is 140 Å². The van der Waals surface area contributed by atoms with Gasteiger partial charge >= 0.3 is 0 Å². The van der Waals surface area contributed by atoms with Gasteiger partial charge in [0.1, 0.15) is 0 Å². The number of nitrogens with zero attached hydrogens (tertiary/aromatic N) is 1. The number of allylic oxidation sites excluding steroid dienone is 12. The van der Waals surface area contributed by atoms with E-state index in [0.717, 1.165) is 44.9 Å². The molecule has 234 valence electrons. The molecule has 1 nitrogen and oxygen atoms in total. The smallest absolute Gasteiger partial charge is 0.0705 e. The Bertz CT molecular complexity index is 2200. The number of rotatable bonds is 3. The van der Waals surface area contributed by atoms with Crippen molar-refractivity contribution in [3.63, 3.8) is 0 Å². The van der Waals surface area contributed by atoms with Gasteiger partial charge in [-0.15, -0.1) is 0 Å². The van der Waals surface area contributed by atoms with E-state index < -0.39 is 0 Å². The monoisotopic (exact) mass is 611 g/mol. The van der Waals surface area contributed by atoms with Crippen LogP contribution in [0.15, 0.2) is 126 Å². The van der Waals surface area contributed by atoms with Gasteiger partial charge < -0.3 is 4.90 Å². The second kappa shape index (κ2) is 10.6. The summed E-state index contributed by atoms with van der Waals surface area (Å²) in [5.41, 5.74) is 11.7. The highest BCUT2D eigenvalue weighted by molar-refractivity contribution is 6.26. The molecule has 4 aromatic rings. The van der Waals surface area contributed by atoms with Crippen molar-refractivity contribution in [2.45, 2.75) is 83.6 Å². The Morgan fingerprint density at radius 2 is 1.60 bits per heavy atom. The third-order valence-electron chi connectivity index (χ3n) is 11.6. The first-order chi connectivity index (χ1) is 22.8. The molecule has 1 heterocycles. The van der Waals surface area contributed by atoms with E-state index in [1.807, 2.05) is 0 Å². The molecule has 4 aliphatic carbocycles. The minimum absolute atomic E-state index is 0.0331. The van der Waals surface area contributed by atoms with E-state index in [1.165, 1.54) is 71.5 Å². The number of hydrogen-bond acceptors (Lipinski definition) is 1. The summed E-state index contributed by atoms with van der Waals surface area (Å²) < 4.78 is 0. The summed E-state index contributed by atoms with van der Waals surface area (Å²) in [5, 5.41) is 8.32. The Kier molecular flexibility index (Phi) is 6.49. The second-order valence-electron chi connectivity index (χ2n) is 15.7. The van der Waals surface area contributed by atoms with Crippen LogP contribution in [0.5, 0.6) is 0 Å². The van der Waals surface area contributed by atoms with Crippen LogP contribution in [-0.4, -0.2) is 10.4 Å². The van der Waals surface area contributed by atoms with E-state index in [2.05, 4.69) is 142 Å². The molecule has 1 aliphatic heterocycles. The Labute approximate surface area is 280 Å². The largest absolute Gasteiger partial charge is 0.335 e. The minimum atomic E-state index is 0.0331. The van der Waals surface area contributed by atoms with Crippen molar-refractivity contribution in [2.75, 3.05) is 0 Å². The Morgan fingerprint density at radius 1 is 0.787 bits per heavy atom. The maximum atomic E-state index is 2.72. The lowest BCUT2D eigenvalue weighted by atomic mass is 9.80. The average molecular weight is 612 g/mol. The van der Waals surface area contributed by atoms with Crippen LogP contribution in [0, 0.1) is 5.92 Å². The lowest BCUT2D eigenvalue weighted by Gasteiger charge is -2.42. The van der Waals surface area contributed by atoms with Crippen LogP contribution in [0.3, 0.4) is 0 Å². The summed E-state index contributed by atoms with van der Waals surface area (Å²) >= 11 is 0. The molecule has 4 aromatic carbocycles. The molecule has 2 unspecified atom stereocenters. The van der Waals surface area contributed by atoms with E-state index in [-0.39, 0.29) is 11.0 Å². The van der Waals surface area contributed by atoms with Crippen LogP contribution in [0.1, 0.15) is 89.3 Å². The zero-order chi connectivity index (χ0) is 31.9. The molecule has 9 rings (SSSR count). The lowest BCUT2D eigenvalue weighted by molar-refractivity contribution is 0.252. The molecule has 0 fully saturated rings. The van der Waals surface area contributed by atoms with Crippen molar-refractivity contribution in [3.8, 4) is 0 Å². The predicted octanol–water partition coefficient (Wildman–Crippen LogP) is 12.5. The highest BCUT2D eigenvalue weighted by Crippen LogP contribution is 2.51. The highest BCUT2D eigenvalue weighted by Gasteiger charge is 2.45. The highest BCUT2D eigenvalue weighted by atomic mass is 15.2. The maximum absolute atomic E-state index is 2.72. The molecule has 1 spiro atoms. The van der Waals surface area contributed by atoms with Crippen LogP contribution >= 0.6 is 0 Å². The van der Waals surface area contributed by atoms with Gasteiger partial charge in [-0.1, -0.05) is 119 Å². The molecule has 47 heavy (non-hydrogen) atoms. The van der Waals surface area contributed by atoms with E-state index >= 15 is 0 Å². The lowest BCUT2D eigenvalue weighted by Crippen LogP contribution is -2.42. The van der Waals surface area contributed by atoms with E-state index in [4.69, 9.17) is 0 Å². The number of hydrogen-bond donors (Lipinski definition) is 0. The summed E-state index contributed by atoms with van der Waals surface area (Å²) in [7, 11) is 0. The van der Waals surface area contributed by atoms with Gasteiger partial charge in [-0.3, -0.25) is 0 Å². The van der Waals surface area contributed by atoms with Crippen LogP contribution in [0.4, 0.5) is 0 Å². The second-order valence-corrected chi connectivity index (χ2v) is 15.7. The van der Waals surface area contributed by atoms with Crippen LogP contribution in [0.25, 0.3) is 43.5 Å². The Balaban J connectivity index is 1.22. The van der Waals surface area contributed by atoms with E-state index in [0.29, 0.717) is 5.92 Å². The van der Waals surface area contributed by atoms with Gasteiger partial charge in [0.15, 0.2) is 0 Å². The summed E-state index contributed by atoms with van der Waals surface area (Å²) in [6.45, 7) is 9.38. The van der Waals surface area contributed by atoms with Crippen molar-refractivity contribution >= 4 is 43.5 Å². The molecule has 0 amide bonds. The quantitative estimate of drug-likeness (QED) is 0.208. The summed E-state index contributed by atoms with van der Waals surface area (Å²) in [5.74, 6) is 0.615. The zero-order valence-electron chi connectivity index (χ0n) is 28.4. The first-order valence-corrected chi connectivity index (χ1v) is 17.9. The fraction of sp³-hybridized carbons (Fsp3) is 0.304. The molecule has 0 saturated carbocycles. The molecule has 0 N–H and O–H groups in total. The molecular weight excluding hydrogens is 567 g/mol. The average Bonchev–Trinajstić information content (AvgIpc) is 3.41. The molecule has 2 atom stereocenters. The SMILES string of the molecule is CC1CC=CC2=C1CC1(C=CC=CC1)N2C1=CC=C(c2cc(C3=CCCC=C3)c3ccc4cc(C(C)(C)C)cc5ccc2c3c45)CC1. The zero-order valence-corrected chi connectivity index (χ0v) is 28.4. The van der Waals surface area contributed by atoms with Gasteiger partial charge in [0.25, 0.3) is 0 Å². The molecular formula is C46H45N. The Hall–Kier alpha value is -4.36. The first-order valence-electron chi connectivity index (χ1n) is 17.9. The van der Waals surface area contributed by atoms with Crippen molar-refractivity contribution in [1.82, 2.24) is 4.90 Å². The topological polar surface area (TPSA) is 3.24 Å². The Morgan fingerprint density at radius 3 is 2.28 bits per heavy atom. The molecule has 0 saturated heterocycles. The van der Waals surface area contributed by atoms with Gasteiger partial charge in [-0.2, -0.15) is 0 Å². The van der Waals surface area contributed by atoms with Gasteiger partial charge in [-0.25, -0.2) is 0 Å². The summed E-state index contributed by atoms with van der Waals surface area (Å²) in [4.78, 5) is 2.72. The molecule has 0 radical (unpaired) electrons.